The van der Waals surface area contributed by atoms with Crippen LogP contribution in [-0.2, 0) is 0 Å². The monoisotopic (exact) mass is 484 g/mol. The van der Waals surface area contributed by atoms with E-state index in [1.165, 1.54) is 12.1 Å². The first-order valence-electron chi connectivity index (χ1n) is 12.4. The maximum atomic E-state index is 13.5. The van der Waals surface area contributed by atoms with Gasteiger partial charge < -0.3 is 15.1 Å². The van der Waals surface area contributed by atoms with Crippen molar-refractivity contribution in [2.24, 2.45) is 5.92 Å². The van der Waals surface area contributed by atoms with Crippen LogP contribution in [0.15, 0.2) is 71.1 Å². The van der Waals surface area contributed by atoms with Gasteiger partial charge in [0.2, 0.25) is 0 Å². The summed E-state index contributed by atoms with van der Waals surface area (Å²) in [6.07, 6.45) is 4.32. The molecule has 184 valence electrons. The summed E-state index contributed by atoms with van der Waals surface area (Å²) in [5, 5.41) is 6.52. The van der Waals surface area contributed by atoms with Crippen molar-refractivity contribution in [1.29, 1.82) is 0 Å². The van der Waals surface area contributed by atoms with Gasteiger partial charge in [0.1, 0.15) is 17.2 Å². The fourth-order valence-corrected chi connectivity index (χ4v) is 4.95. The van der Waals surface area contributed by atoms with Crippen molar-refractivity contribution in [3.63, 3.8) is 0 Å². The summed E-state index contributed by atoms with van der Waals surface area (Å²) in [5.74, 6) is 0.394. The van der Waals surface area contributed by atoms with Crippen molar-refractivity contribution in [3.8, 4) is 22.5 Å². The minimum Gasteiger partial charge on any atom is -0.455 e. The normalized spacial score (nSPS) is 17.6. The molecule has 0 radical (unpaired) electrons. The second-order valence-electron chi connectivity index (χ2n) is 9.61. The molecule has 1 heterocycles. The lowest BCUT2D eigenvalue weighted by atomic mass is 9.87. The third-order valence-electron chi connectivity index (χ3n) is 7.06. The molecule has 0 spiro atoms. The molecule has 0 unspecified atom stereocenters. The largest absolute Gasteiger partial charge is 0.455 e. The lowest BCUT2D eigenvalue weighted by molar-refractivity contribution is 0.0921. The number of hydrogen-bond acceptors (Lipinski definition) is 3. The van der Waals surface area contributed by atoms with Gasteiger partial charge in [-0.25, -0.2) is 4.39 Å². The lowest BCUT2D eigenvalue weighted by Crippen LogP contribution is -2.37. The van der Waals surface area contributed by atoms with Gasteiger partial charge in [-0.3, -0.25) is 9.59 Å². The Morgan fingerprint density at radius 2 is 1.56 bits per heavy atom. The Morgan fingerprint density at radius 3 is 2.28 bits per heavy atom. The van der Waals surface area contributed by atoms with Crippen molar-refractivity contribution in [2.45, 2.75) is 38.6 Å². The van der Waals surface area contributed by atoms with Crippen LogP contribution in [0.5, 0.6) is 0 Å². The minimum atomic E-state index is -0.361. The van der Waals surface area contributed by atoms with E-state index in [-0.39, 0.29) is 23.7 Å². The van der Waals surface area contributed by atoms with Gasteiger partial charge in [0.05, 0.1) is 5.56 Å². The Balaban J connectivity index is 1.49. The molecule has 1 aromatic heterocycles. The van der Waals surface area contributed by atoms with E-state index < -0.39 is 0 Å². The fraction of sp³-hybridized carbons (Fsp3) is 0.267. The third kappa shape index (κ3) is 4.76. The average molecular weight is 485 g/mol. The maximum absolute atomic E-state index is 13.5. The predicted octanol–water partition coefficient (Wildman–Crippen LogP) is 6.57. The molecule has 0 saturated heterocycles. The average Bonchev–Trinajstić information content (AvgIpc) is 3.29. The van der Waals surface area contributed by atoms with Gasteiger partial charge in [-0.2, -0.15) is 0 Å². The Kier molecular flexibility index (Phi) is 6.59. The molecule has 36 heavy (non-hydrogen) atoms. The summed E-state index contributed by atoms with van der Waals surface area (Å²) in [5.41, 5.74) is 3.90. The van der Waals surface area contributed by atoms with Gasteiger partial charge in [0, 0.05) is 29.6 Å². The maximum Gasteiger partial charge on any atom is 0.255 e. The van der Waals surface area contributed by atoms with Gasteiger partial charge in [-0.05, 0) is 91.3 Å². The van der Waals surface area contributed by atoms with E-state index in [0.29, 0.717) is 33.4 Å². The van der Waals surface area contributed by atoms with E-state index in [4.69, 9.17) is 4.42 Å². The number of nitrogens with one attached hydrogen (secondary N) is 2. The Bertz CT molecular complexity index is 1420. The van der Waals surface area contributed by atoms with Crippen LogP contribution in [0.3, 0.4) is 0 Å². The molecule has 1 aliphatic carbocycles. The van der Waals surface area contributed by atoms with E-state index >= 15 is 0 Å². The molecule has 0 atom stereocenters. The molecule has 1 fully saturated rings. The van der Waals surface area contributed by atoms with Crippen molar-refractivity contribution >= 4 is 22.8 Å². The molecule has 3 aromatic carbocycles. The van der Waals surface area contributed by atoms with E-state index in [1.807, 2.05) is 42.5 Å². The van der Waals surface area contributed by atoms with Crippen LogP contribution in [0.4, 0.5) is 4.39 Å². The molecule has 5 rings (SSSR count). The zero-order valence-corrected chi connectivity index (χ0v) is 20.4. The molecule has 1 aliphatic rings. The van der Waals surface area contributed by atoms with Crippen molar-refractivity contribution in [2.75, 3.05) is 7.05 Å². The van der Waals surface area contributed by atoms with E-state index in [0.717, 1.165) is 42.7 Å². The molecule has 1 saturated carbocycles. The first-order chi connectivity index (χ1) is 17.4. The number of carbonyl (C=O) groups is 2. The topological polar surface area (TPSA) is 71.3 Å². The number of halogens is 1. The molecule has 4 aromatic rings. The molecule has 0 aliphatic heterocycles. The van der Waals surface area contributed by atoms with Crippen molar-refractivity contribution in [1.82, 2.24) is 10.6 Å². The molecule has 6 heteroatoms. The first kappa shape index (κ1) is 23.8. The standard InChI is InChI=1S/C30H29FN2O3/c1-18-6-13-24(14-7-18)33-29(34)22-5-3-4-20(16-22)21-10-15-26-25(17-21)27(30(35)32-2)28(36-26)19-8-11-23(31)12-9-19/h3-5,8-12,15-18,24H,6-7,13-14H2,1-2H3,(H,32,35)(H,33,34). The van der Waals surface area contributed by atoms with Crippen LogP contribution in [0.2, 0.25) is 0 Å². The van der Waals surface area contributed by atoms with Crippen LogP contribution in [0.25, 0.3) is 33.4 Å². The van der Waals surface area contributed by atoms with Crippen LogP contribution in [0.1, 0.15) is 53.3 Å². The van der Waals surface area contributed by atoms with Crippen LogP contribution < -0.4 is 10.6 Å². The zero-order valence-electron chi connectivity index (χ0n) is 20.4. The molecule has 0 bridgehead atoms. The SMILES string of the molecule is CNC(=O)c1c(-c2ccc(F)cc2)oc2ccc(-c3cccc(C(=O)NC4CCC(C)CC4)c3)cc12. The fourth-order valence-electron chi connectivity index (χ4n) is 4.95. The summed E-state index contributed by atoms with van der Waals surface area (Å²) in [7, 11) is 1.56. The van der Waals surface area contributed by atoms with Gasteiger partial charge >= 0.3 is 0 Å². The van der Waals surface area contributed by atoms with E-state index in [9.17, 15) is 14.0 Å². The minimum absolute atomic E-state index is 0.0644. The molecular weight excluding hydrogens is 455 g/mol. The number of rotatable bonds is 5. The summed E-state index contributed by atoms with van der Waals surface area (Å²) in [6, 6.07) is 19.2. The number of amides is 2. The summed E-state index contributed by atoms with van der Waals surface area (Å²) in [4.78, 5) is 25.8. The van der Waals surface area contributed by atoms with Gasteiger partial charge in [-0.15, -0.1) is 0 Å². The zero-order chi connectivity index (χ0) is 25.2. The van der Waals surface area contributed by atoms with Gasteiger partial charge in [0.15, 0.2) is 0 Å². The summed E-state index contributed by atoms with van der Waals surface area (Å²) in [6.45, 7) is 2.26. The predicted molar refractivity (Wildman–Crippen MR) is 139 cm³/mol. The van der Waals surface area contributed by atoms with Crippen LogP contribution in [0, 0.1) is 11.7 Å². The Morgan fingerprint density at radius 1 is 0.861 bits per heavy atom. The van der Waals surface area contributed by atoms with Crippen molar-refractivity contribution in [3.05, 3.63) is 83.7 Å². The van der Waals surface area contributed by atoms with Gasteiger partial charge in [-0.1, -0.05) is 25.1 Å². The number of fused-ring (bicyclic) bond motifs is 1. The summed E-state index contributed by atoms with van der Waals surface area (Å²) >= 11 is 0. The van der Waals surface area contributed by atoms with Gasteiger partial charge in [0.25, 0.3) is 11.8 Å². The number of hydrogen-bond donors (Lipinski definition) is 2. The molecule has 2 amide bonds. The Labute approximate surface area is 209 Å². The highest BCUT2D eigenvalue weighted by Crippen LogP contribution is 2.36. The highest BCUT2D eigenvalue weighted by molar-refractivity contribution is 6.11. The highest BCUT2D eigenvalue weighted by atomic mass is 19.1. The van der Waals surface area contributed by atoms with E-state index in [2.05, 4.69) is 17.6 Å². The van der Waals surface area contributed by atoms with E-state index in [1.54, 1.807) is 19.2 Å². The lowest BCUT2D eigenvalue weighted by Gasteiger charge is -2.27. The Hall–Kier alpha value is -3.93. The van der Waals surface area contributed by atoms with Crippen LogP contribution in [-0.4, -0.2) is 24.9 Å². The first-order valence-corrected chi connectivity index (χ1v) is 12.4. The molecule has 5 nitrogen and oxygen atoms in total. The quantitative estimate of drug-likeness (QED) is 0.336. The molecule has 2 N–H and O–H groups in total. The van der Waals surface area contributed by atoms with Crippen LogP contribution >= 0.6 is 0 Å². The second-order valence-corrected chi connectivity index (χ2v) is 9.61. The van der Waals surface area contributed by atoms with Crippen molar-refractivity contribution < 1.29 is 18.4 Å². The smallest absolute Gasteiger partial charge is 0.255 e. The second kappa shape index (κ2) is 9.97. The summed E-state index contributed by atoms with van der Waals surface area (Å²) < 4.78 is 19.5. The number of furan rings is 1. The highest BCUT2D eigenvalue weighted by Gasteiger charge is 2.23. The third-order valence-corrected chi connectivity index (χ3v) is 7.06. The molecular formula is C30H29FN2O3. The number of benzene rings is 3. The number of carbonyl (C=O) groups excluding carboxylic acids is 2.